The number of methoxy groups -OCH3 is 1. The summed E-state index contributed by atoms with van der Waals surface area (Å²) in [5.41, 5.74) is 0.550. The minimum atomic E-state index is -0.601. The number of anilines is 1. The van der Waals surface area contributed by atoms with Crippen LogP contribution < -0.4 is 20.7 Å². The lowest BCUT2D eigenvalue weighted by Gasteiger charge is -2.15. The fourth-order valence-corrected chi connectivity index (χ4v) is 1.57. The number of rotatable bonds is 6. The van der Waals surface area contributed by atoms with Gasteiger partial charge in [0.2, 0.25) is 5.91 Å². The molecule has 0 fully saturated rings. The Morgan fingerprint density at radius 3 is 2.65 bits per heavy atom. The van der Waals surface area contributed by atoms with Crippen molar-refractivity contribution in [1.82, 2.24) is 10.6 Å². The first-order valence-electron chi connectivity index (χ1n) is 6.56. The SMILES string of the molecule is CCCNC(=O)[C@@H](C)NC(=O)Nc1ccccc1OC. The Labute approximate surface area is 118 Å². The van der Waals surface area contributed by atoms with Crippen molar-refractivity contribution in [3.05, 3.63) is 24.3 Å². The summed E-state index contributed by atoms with van der Waals surface area (Å²) in [6, 6.07) is 6.01. The second-order valence-electron chi connectivity index (χ2n) is 4.31. The molecule has 20 heavy (non-hydrogen) atoms. The number of carbonyl (C=O) groups excluding carboxylic acids is 2. The van der Waals surface area contributed by atoms with Gasteiger partial charge in [0.25, 0.3) is 0 Å². The summed E-state index contributed by atoms with van der Waals surface area (Å²) in [6.45, 7) is 4.19. The fourth-order valence-electron chi connectivity index (χ4n) is 1.57. The minimum Gasteiger partial charge on any atom is -0.495 e. The van der Waals surface area contributed by atoms with Crippen molar-refractivity contribution in [2.45, 2.75) is 26.3 Å². The molecule has 1 atom stereocenters. The zero-order valence-corrected chi connectivity index (χ0v) is 12.0. The highest BCUT2D eigenvalue weighted by molar-refractivity contribution is 5.94. The zero-order valence-electron chi connectivity index (χ0n) is 12.0. The number of hydrogen-bond acceptors (Lipinski definition) is 3. The van der Waals surface area contributed by atoms with E-state index in [9.17, 15) is 9.59 Å². The molecule has 0 aromatic heterocycles. The van der Waals surface area contributed by atoms with E-state index in [-0.39, 0.29) is 5.91 Å². The highest BCUT2D eigenvalue weighted by atomic mass is 16.5. The first-order valence-corrected chi connectivity index (χ1v) is 6.56. The molecule has 0 unspecified atom stereocenters. The number of benzene rings is 1. The third kappa shape index (κ3) is 4.79. The van der Waals surface area contributed by atoms with Gasteiger partial charge in [-0.25, -0.2) is 4.79 Å². The molecule has 0 saturated heterocycles. The summed E-state index contributed by atoms with van der Waals surface area (Å²) in [5, 5.41) is 7.94. The van der Waals surface area contributed by atoms with Crippen molar-refractivity contribution in [3.63, 3.8) is 0 Å². The van der Waals surface area contributed by atoms with Crippen LogP contribution in [0.5, 0.6) is 5.75 Å². The third-order valence-corrected chi connectivity index (χ3v) is 2.65. The summed E-state index contributed by atoms with van der Waals surface area (Å²) in [5.74, 6) is 0.354. The van der Waals surface area contributed by atoms with Crippen LogP contribution in [0.2, 0.25) is 0 Å². The lowest BCUT2D eigenvalue weighted by atomic mass is 10.3. The molecule has 0 heterocycles. The van der Waals surface area contributed by atoms with Gasteiger partial charge in [0.1, 0.15) is 11.8 Å². The number of hydrogen-bond donors (Lipinski definition) is 3. The Morgan fingerprint density at radius 2 is 2.00 bits per heavy atom. The Kier molecular flexibility index (Phi) is 6.36. The van der Waals surface area contributed by atoms with Crippen LogP contribution >= 0.6 is 0 Å². The van der Waals surface area contributed by atoms with Gasteiger partial charge in [0.05, 0.1) is 12.8 Å². The monoisotopic (exact) mass is 279 g/mol. The van der Waals surface area contributed by atoms with Crippen LogP contribution in [0.4, 0.5) is 10.5 Å². The molecule has 0 aliphatic heterocycles. The van der Waals surface area contributed by atoms with Crippen LogP contribution in [-0.2, 0) is 4.79 Å². The summed E-state index contributed by atoms with van der Waals surface area (Å²) in [7, 11) is 1.53. The Balaban J connectivity index is 2.53. The van der Waals surface area contributed by atoms with Crippen LogP contribution in [0.1, 0.15) is 20.3 Å². The Morgan fingerprint density at radius 1 is 1.30 bits per heavy atom. The molecule has 0 spiro atoms. The predicted octanol–water partition coefficient (Wildman–Crippen LogP) is 1.73. The van der Waals surface area contributed by atoms with Gasteiger partial charge < -0.3 is 20.7 Å². The molecule has 0 aliphatic rings. The highest BCUT2D eigenvalue weighted by Crippen LogP contribution is 2.22. The molecular formula is C14H21N3O3. The van der Waals surface area contributed by atoms with Crippen molar-refractivity contribution >= 4 is 17.6 Å². The molecule has 0 radical (unpaired) electrons. The maximum atomic E-state index is 11.8. The van der Waals surface area contributed by atoms with Gasteiger partial charge in [-0.2, -0.15) is 0 Å². The molecule has 0 bridgehead atoms. The van der Waals surface area contributed by atoms with Crippen molar-refractivity contribution in [2.75, 3.05) is 19.0 Å². The average Bonchev–Trinajstić information content (AvgIpc) is 2.45. The first kappa shape index (κ1) is 15.8. The van der Waals surface area contributed by atoms with Gasteiger partial charge in [0.15, 0.2) is 0 Å². The molecule has 6 heteroatoms. The van der Waals surface area contributed by atoms with E-state index in [2.05, 4.69) is 16.0 Å². The van der Waals surface area contributed by atoms with Crippen LogP contribution in [0.3, 0.4) is 0 Å². The topological polar surface area (TPSA) is 79.5 Å². The zero-order chi connectivity index (χ0) is 15.0. The normalized spacial score (nSPS) is 11.3. The second kappa shape index (κ2) is 8.04. The molecule has 0 aliphatic carbocycles. The summed E-state index contributed by atoms with van der Waals surface area (Å²) >= 11 is 0. The number of urea groups is 1. The van der Waals surface area contributed by atoms with Crippen LogP contribution in [0.25, 0.3) is 0 Å². The first-order chi connectivity index (χ1) is 9.58. The van der Waals surface area contributed by atoms with Crippen LogP contribution in [0.15, 0.2) is 24.3 Å². The molecule has 6 nitrogen and oxygen atoms in total. The highest BCUT2D eigenvalue weighted by Gasteiger charge is 2.15. The molecule has 1 rings (SSSR count). The summed E-state index contributed by atoms with van der Waals surface area (Å²) in [6.07, 6.45) is 0.853. The van der Waals surface area contributed by atoms with Gasteiger partial charge in [-0.3, -0.25) is 4.79 Å². The van der Waals surface area contributed by atoms with Crippen LogP contribution in [0, 0.1) is 0 Å². The van der Waals surface area contributed by atoms with E-state index in [1.54, 1.807) is 25.1 Å². The minimum absolute atomic E-state index is 0.206. The number of amides is 3. The third-order valence-electron chi connectivity index (χ3n) is 2.65. The fraction of sp³-hybridized carbons (Fsp3) is 0.429. The van der Waals surface area contributed by atoms with Gasteiger partial charge in [0, 0.05) is 6.54 Å². The molecule has 0 saturated carbocycles. The molecule has 3 amide bonds. The molecule has 3 N–H and O–H groups in total. The van der Waals surface area contributed by atoms with Gasteiger partial charge in [-0.15, -0.1) is 0 Å². The van der Waals surface area contributed by atoms with E-state index in [0.29, 0.717) is 18.0 Å². The average molecular weight is 279 g/mol. The molecular weight excluding hydrogens is 258 g/mol. The quantitative estimate of drug-likeness (QED) is 0.742. The second-order valence-corrected chi connectivity index (χ2v) is 4.31. The summed E-state index contributed by atoms with van der Waals surface area (Å²) < 4.78 is 5.13. The van der Waals surface area contributed by atoms with Crippen molar-refractivity contribution in [1.29, 1.82) is 0 Å². The lowest BCUT2D eigenvalue weighted by molar-refractivity contribution is -0.122. The molecule has 110 valence electrons. The maximum Gasteiger partial charge on any atom is 0.319 e. The van der Waals surface area contributed by atoms with Gasteiger partial charge in [-0.05, 0) is 25.5 Å². The number of ether oxygens (including phenoxy) is 1. The van der Waals surface area contributed by atoms with Gasteiger partial charge in [-0.1, -0.05) is 19.1 Å². The number of carbonyl (C=O) groups is 2. The van der Waals surface area contributed by atoms with E-state index in [4.69, 9.17) is 4.74 Å². The van der Waals surface area contributed by atoms with Gasteiger partial charge >= 0.3 is 6.03 Å². The van der Waals surface area contributed by atoms with E-state index in [1.165, 1.54) is 7.11 Å². The van der Waals surface area contributed by atoms with E-state index in [0.717, 1.165) is 6.42 Å². The Hall–Kier alpha value is -2.24. The van der Waals surface area contributed by atoms with E-state index >= 15 is 0 Å². The van der Waals surface area contributed by atoms with Crippen molar-refractivity contribution < 1.29 is 14.3 Å². The number of para-hydroxylation sites is 2. The van der Waals surface area contributed by atoms with Crippen LogP contribution in [-0.4, -0.2) is 31.6 Å². The van der Waals surface area contributed by atoms with Crippen molar-refractivity contribution in [3.8, 4) is 5.75 Å². The Bertz CT molecular complexity index is 463. The smallest absolute Gasteiger partial charge is 0.319 e. The van der Waals surface area contributed by atoms with E-state index < -0.39 is 12.1 Å². The number of nitrogens with one attached hydrogen (secondary N) is 3. The van der Waals surface area contributed by atoms with E-state index in [1.807, 2.05) is 13.0 Å². The largest absolute Gasteiger partial charge is 0.495 e. The standard InChI is InChI=1S/C14H21N3O3/c1-4-9-15-13(18)10(2)16-14(19)17-11-7-5-6-8-12(11)20-3/h5-8,10H,4,9H2,1-3H3,(H,15,18)(H2,16,17,19)/t10-/m1/s1. The lowest BCUT2D eigenvalue weighted by Crippen LogP contribution is -2.46. The predicted molar refractivity (Wildman–Crippen MR) is 77.9 cm³/mol. The van der Waals surface area contributed by atoms with Crippen molar-refractivity contribution in [2.24, 2.45) is 0 Å². The molecule has 1 aromatic carbocycles. The summed E-state index contributed by atoms with van der Waals surface area (Å²) in [4.78, 5) is 23.4. The molecule has 1 aromatic rings. The maximum absolute atomic E-state index is 11.8.